The molecule has 1 amide bonds. The smallest absolute Gasteiger partial charge is 0.417 e. The van der Waals surface area contributed by atoms with Crippen molar-refractivity contribution in [1.82, 2.24) is 15.2 Å². The number of nitrogens with zero attached hydrogens (tertiary/aromatic N) is 2. The van der Waals surface area contributed by atoms with Crippen LogP contribution in [-0.2, 0) is 38.2 Å². The Morgan fingerprint density at radius 2 is 2.14 bits per heavy atom. The fourth-order valence-electron chi connectivity index (χ4n) is 6.49. The monoisotopic (exact) mass is 511 g/mol. The number of carboxylic acid groups (broad SMARTS) is 1. The third-order valence-corrected chi connectivity index (χ3v) is 8.50. The molecule has 0 spiro atoms. The number of halogens is 3. The molecule has 198 valence electrons. The van der Waals surface area contributed by atoms with E-state index >= 15 is 0 Å². The van der Waals surface area contributed by atoms with E-state index in [1.165, 1.54) is 0 Å². The topological polar surface area (TPSA) is 101 Å². The molecule has 3 unspecified atom stereocenters. The van der Waals surface area contributed by atoms with Crippen LogP contribution in [0.1, 0.15) is 48.9 Å². The summed E-state index contributed by atoms with van der Waals surface area (Å²) < 4.78 is 50.8. The Bertz CT molecular complexity index is 1020. The van der Waals surface area contributed by atoms with Gasteiger partial charge in [0.1, 0.15) is 0 Å². The van der Waals surface area contributed by atoms with Crippen molar-refractivity contribution in [2.24, 2.45) is 17.3 Å². The maximum absolute atomic E-state index is 14.0. The first-order valence-corrected chi connectivity index (χ1v) is 12.6. The van der Waals surface area contributed by atoms with Crippen LogP contribution >= 0.6 is 0 Å². The molecule has 2 saturated carbocycles. The molecule has 2 aliphatic carbocycles. The number of rotatable bonds is 6. The molecule has 8 nitrogen and oxygen atoms in total. The first-order chi connectivity index (χ1) is 17.1. The summed E-state index contributed by atoms with van der Waals surface area (Å²) >= 11 is 0. The second-order valence-corrected chi connectivity index (χ2v) is 10.6. The minimum atomic E-state index is -4.51. The average Bonchev–Trinajstić information content (AvgIpc) is 3.57. The van der Waals surface area contributed by atoms with E-state index in [1.54, 1.807) is 12.0 Å². The van der Waals surface area contributed by atoms with Crippen LogP contribution in [0, 0.1) is 17.3 Å². The van der Waals surface area contributed by atoms with Gasteiger partial charge in [-0.05, 0) is 49.7 Å². The van der Waals surface area contributed by atoms with Crippen LogP contribution < -0.4 is 5.32 Å². The van der Waals surface area contributed by atoms with Crippen LogP contribution in [0.25, 0.3) is 0 Å². The van der Waals surface area contributed by atoms with E-state index in [0.717, 1.165) is 25.1 Å². The van der Waals surface area contributed by atoms with Gasteiger partial charge in [-0.25, -0.2) is 0 Å². The number of amides is 1. The van der Waals surface area contributed by atoms with Gasteiger partial charge >= 0.3 is 12.1 Å². The number of hydrogen-bond donors (Lipinski definition) is 2. The predicted molar refractivity (Wildman–Crippen MR) is 121 cm³/mol. The van der Waals surface area contributed by atoms with Crippen molar-refractivity contribution in [2.75, 3.05) is 26.9 Å². The van der Waals surface area contributed by atoms with Crippen LogP contribution in [0.15, 0.2) is 12.3 Å². The number of methoxy groups -OCH3 is 1. The number of nitrogens with one attached hydrogen (secondary N) is 1. The maximum atomic E-state index is 14.0. The minimum absolute atomic E-state index is 0.0281. The SMILES string of the molecule is CO[C@@H]1COCCC1N[C@@H]1CC[C@@](C(=O)N2CCc3ncc(C(F)(F)F)cc3C2)(C2CC2C(=O)O)C1. The summed E-state index contributed by atoms with van der Waals surface area (Å²) in [6.07, 6.45) is -0.339. The number of aromatic nitrogens is 1. The molecule has 11 heteroatoms. The normalized spacial score (nSPS) is 34.3. The number of carbonyl (C=O) groups is 2. The number of carboxylic acids is 1. The van der Waals surface area contributed by atoms with Gasteiger partial charge < -0.3 is 24.8 Å². The highest BCUT2D eigenvalue weighted by atomic mass is 19.4. The highest BCUT2D eigenvalue weighted by Gasteiger charge is 2.62. The Morgan fingerprint density at radius 1 is 1.33 bits per heavy atom. The Labute approximate surface area is 207 Å². The second-order valence-electron chi connectivity index (χ2n) is 10.6. The molecule has 1 aromatic heterocycles. The number of ether oxygens (including phenoxy) is 2. The van der Waals surface area contributed by atoms with Crippen LogP contribution in [0.2, 0.25) is 0 Å². The van der Waals surface area contributed by atoms with Gasteiger partial charge in [0.2, 0.25) is 5.91 Å². The third kappa shape index (κ3) is 4.72. The van der Waals surface area contributed by atoms with Crippen molar-refractivity contribution in [3.05, 3.63) is 29.1 Å². The van der Waals surface area contributed by atoms with Gasteiger partial charge in [0, 0.05) is 57.2 Å². The van der Waals surface area contributed by atoms with Crippen LogP contribution in [0.4, 0.5) is 13.2 Å². The van der Waals surface area contributed by atoms with E-state index in [1.807, 2.05) is 0 Å². The van der Waals surface area contributed by atoms with E-state index in [2.05, 4.69) is 10.3 Å². The first-order valence-electron chi connectivity index (χ1n) is 12.6. The molecule has 36 heavy (non-hydrogen) atoms. The quantitative estimate of drug-likeness (QED) is 0.606. The molecule has 1 saturated heterocycles. The standard InChI is InChI=1S/C25H32F3N3O5/c1-35-21-13-36-7-4-20(21)30-16-2-5-24(10-16,18-9-17(18)22(32)33)23(34)31-6-3-19-14(12-31)8-15(11-29-19)25(26,27)28/h8,11,16-18,20-21,30H,2-7,9-10,12-13H2,1H3,(H,32,33)/t16-,17?,18?,20?,21-,24+/m1/s1. The van der Waals surface area contributed by atoms with Crippen molar-refractivity contribution in [3.63, 3.8) is 0 Å². The number of alkyl halides is 3. The molecular formula is C25H32F3N3O5. The predicted octanol–water partition coefficient (Wildman–Crippen LogP) is 2.64. The fraction of sp³-hybridized carbons (Fsp3) is 0.720. The zero-order valence-electron chi connectivity index (χ0n) is 20.2. The summed E-state index contributed by atoms with van der Waals surface area (Å²) in [6.45, 7) is 1.54. The highest BCUT2D eigenvalue weighted by Crippen LogP contribution is 2.59. The Hall–Kier alpha value is -2.24. The zero-order chi connectivity index (χ0) is 25.7. The Morgan fingerprint density at radius 3 is 2.83 bits per heavy atom. The molecule has 3 fully saturated rings. The van der Waals surface area contributed by atoms with Crippen molar-refractivity contribution in [2.45, 2.75) is 69.4 Å². The molecule has 4 aliphatic rings. The Kier molecular flexibility index (Phi) is 6.76. The number of aliphatic carboxylic acids is 1. The lowest BCUT2D eigenvalue weighted by Crippen LogP contribution is -2.51. The van der Waals surface area contributed by atoms with Gasteiger partial charge in [-0.1, -0.05) is 0 Å². The first kappa shape index (κ1) is 25.4. The van der Waals surface area contributed by atoms with E-state index in [0.29, 0.717) is 56.7 Å². The molecule has 6 atom stereocenters. The molecule has 0 bridgehead atoms. The van der Waals surface area contributed by atoms with E-state index in [4.69, 9.17) is 9.47 Å². The molecule has 0 aromatic carbocycles. The third-order valence-electron chi connectivity index (χ3n) is 8.50. The molecular weight excluding hydrogens is 479 g/mol. The average molecular weight is 512 g/mol. The summed E-state index contributed by atoms with van der Waals surface area (Å²) in [7, 11) is 1.64. The molecule has 2 N–H and O–H groups in total. The number of hydrogen-bond acceptors (Lipinski definition) is 6. The van der Waals surface area contributed by atoms with E-state index in [-0.39, 0.29) is 36.6 Å². The molecule has 3 heterocycles. The fourth-order valence-corrected chi connectivity index (χ4v) is 6.49. The largest absolute Gasteiger partial charge is 0.481 e. The van der Waals surface area contributed by atoms with Crippen molar-refractivity contribution in [3.8, 4) is 0 Å². The summed E-state index contributed by atoms with van der Waals surface area (Å²) in [5, 5.41) is 13.3. The van der Waals surface area contributed by atoms with Gasteiger partial charge in [-0.3, -0.25) is 14.6 Å². The summed E-state index contributed by atoms with van der Waals surface area (Å²) in [4.78, 5) is 31.4. The van der Waals surface area contributed by atoms with Gasteiger partial charge in [0.25, 0.3) is 0 Å². The lowest BCUT2D eigenvalue weighted by molar-refractivity contribution is -0.146. The molecule has 5 rings (SSSR count). The maximum Gasteiger partial charge on any atom is 0.417 e. The van der Waals surface area contributed by atoms with Crippen molar-refractivity contribution >= 4 is 11.9 Å². The van der Waals surface area contributed by atoms with Crippen LogP contribution in [-0.4, -0.2) is 71.9 Å². The van der Waals surface area contributed by atoms with E-state index < -0.39 is 29.0 Å². The molecule has 0 radical (unpaired) electrons. The lowest BCUT2D eigenvalue weighted by Gasteiger charge is -2.38. The van der Waals surface area contributed by atoms with Crippen LogP contribution in [0.3, 0.4) is 0 Å². The summed E-state index contributed by atoms with van der Waals surface area (Å²) in [5.74, 6) is -1.85. The van der Waals surface area contributed by atoms with Crippen molar-refractivity contribution < 1.29 is 37.3 Å². The summed E-state index contributed by atoms with van der Waals surface area (Å²) in [6, 6.07) is 1.20. The number of carbonyl (C=O) groups excluding carboxylic acids is 1. The molecule has 1 aromatic rings. The van der Waals surface area contributed by atoms with E-state index in [9.17, 15) is 27.9 Å². The Balaban J connectivity index is 1.35. The second kappa shape index (κ2) is 9.57. The van der Waals surface area contributed by atoms with Gasteiger partial charge in [-0.15, -0.1) is 0 Å². The highest BCUT2D eigenvalue weighted by molar-refractivity contribution is 5.86. The lowest BCUT2D eigenvalue weighted by atomic mass is 9.77. The van der Waals surface area contributed by atoms with Crippen LogP contribution in [0.5, 0.6) is 0 Å². The van der Waals surface area contributed by atoms with Gasteiger partial charge in [-0.2, -0.15) is 13.2 Å². The minimum Gasteiger partial charge on any atom is -0.481 e. The summed E-state index contributed by atoms with van der Waals surface area (Å²) in [5.41, 5.74) is -0.677. The van der Waals surface area contributed by atoms with Gasteiger partial charge in [0.05, 0.1) is 29.6 Å². The number of fused-ring (bicyclic) bond motifs is 1. The molecule has 2 aliphatic heterocycles. The zero-order valence-corrected chi connectivity index (χ0v) is 20.2. The van der Waals surface area contributed by atoms with Crippen molar-refractivity contribution in [1.29, 1.82) is 0 Å². The number of pyridine rings is 1. The van der Waals surface area contributed by atoms with Gasteiger partial charge in [0.15, 0.2) is 0 Å².